The number of amides is 1. The highest BCUT2D eigenvalue weighted by Crippen LogP contribution is 2.17. The lowest BCUT2D eigenvalue weighted by molar-refractivity contribution is -0.117. The van der Waals surface area contributed by atoms with E-state index in [1.807, 2.05) is 13.2 Å². The van der Waals surface area contributed by atoms with Crippen molar-refractivity contribution in [1.29, 1.82) is 0 Å². The number of aliphatic hydroxyl groups is 1. The number of benzene rings is 1. The van der Waals surface area contributed by atoms with Gasteiger partial charge in [-0.1, -0.05) is 18.2 Å². The molecule has 0 aliphatic heterocycles. The van der Waals surface area contributed by atoms with E-state index in [2.05, 4.69) is 5.32 Å². The van der Waals surface area contributed by atoms with Crippen molar-refractivity contribution >= 4 is 23.2 Å². The lowest BCUT2D eigenvalue weighted by Crippen LogP contribution is -2.40. The molecular weight excluding hydrogens is 277 g/mol. The number of hydrogen-bond donors (Lipinski definition) is 2. The van der Waals surface area contributed by atoms with Gasteiger partial charge in [0.05, 0.1) is 6.61 Å². The minimum atomic E-state index is -0.348. The summed E-state index contributed by atoms with van der Waals surface area (Å²) in [5.74, 6) is -0.634. The quantitative estimate of drug-likeness (QED) is 0.793. The van der Waals surface area contributed by atoms with E-state index in [0.717, 1.165) is 0 Å². The van der Waals surface area contributed by atoms with Crippen LogP contribution < -0.4 is 5.32 Å². The van der Waals surface area contributed by atoms with Crippen LogP contribution in [0.1, 0.15) is 19.4 Å². The summed E-state index contributed by atoms with van der Waals surface area (Å²) in [6.07, 6.45) is 3.26. The van der Waals surface area contributed by atoms with Crippen LogP contribution >= 0.6 is 11.8 Å². The van der Waals surface area contributed by atoms with Gasteiger partial charge in [0.1, 0.15) is 5.82 Å². The maximum Gasteiger partial charge on any atom is 0.244 e. The standard InChI is InChI=1S/C15H20FNO2S/c1-10(12-6-4-5-7-13(12)16)8-15(19)17-11(2)14(9-18)20-3/h4-8,11,14,18H,9H2,1-3H3,(H,17,19)/b10-8-. The lowest BCUT2D eigenvalue weighted by atomic mass is 10.1. The molecule has 5 heteroatoms. The van der Waals surface area contributed by atoms with Gasteiger partial charge in [0.25, 0.3) is 0 Å². The van der Waals surface area contributed by atoms with Crippen molar-refractivity contribution in [2.75, 3.05) is 12.9 Å². The van der Waals surface area contributed by atoms with Crippen molar-refractivity contribution < 1.29 is 14.3 Å². The van der Waals surface area contributed by atoms with Crippen LogP contribution in [0.25, 0.3) is 5.57 Å². The van der Waals surface area contributed by atoms with Gasteiger partial charge in [-0.3, -0.25) is 4.79 Å². The van der Waals surface area contributed by atoms with Crippen molar-refractivity contribution in [3.8, 4) is 0 Å². The van der Waals surface area contributed by atoms with Gasteiger partial charge in [0, 0.05) is 22.9 Å². The fourth-order valence-corrected chi connectivity index (χ4v) is 2.48. The van der Waals surface area contributed by atoms with E-state index >= 15 is 0 Å². The Morgan fingerprint density at radius 2 is 2.15 bits per heavy atom. The van der Waals surface area contributed by atoms with Crippen LogP contribution in [-0.2, 0) is 4.79 Å². The molecule has 1 aromatic carbocycles. The topological polar surface area (TPSA) is 49.3 Å². The summed E-state index contributed by atoms with van der Waals surface area (Å²) >= 11 is 1.49. The molecule has 0 spiro atoms. The molecule has 0 saturated heterocycles. The molecule has 0 saturated carbocycles. The molecule has 0 aliphatic carbocycles. The average molecular weight is 297 g/mol. The molecule has 1 amide bonds. The Balaban J connectivity index is 2.74. The van der Waals surface area contributed by atoms with Crippen molar-refractivity contribution in [1.82, 2.24) is 5.32 Å². The molecule has 0 aliphatic rings. The van der Waals surface area contributed by atoms with Gasteiger partial charge in [-0.2, -0.15) is 11.8 Å². The number of allylic oxidation sites excluding steroid dienone is 1. The first-order chi connectivity index (χ1) is 9.49. The van der Waals surface area contributed by atoms with Gasteiger partial charge in [-0.05, 0) is 31.7 Å². The van der Waals surface area contributed by atoms with Crippen molar-refractivity contribution in [2.24, 2.45) is 0 Å². The molecule has 2 unspecified atom stereocenters. The fraction of sp³-hybridized carbons (Fsp3) is 0.400. The van der Waals surface area contributed by atoms with Crippen molar-refractivity contribution in [3.63, 3.8) is 0 Å². The number of halogens is 1. The van der Waals surface area contributed by atoms with Crippen LogP contribution in [-0.4, -0.2) is 35.2 Å². The molecule has 20 heavy (non-hydrogen) atoms. The zero-order valence-electron chi connectivity index (χ0n) is 11.9. The lowest BCUT2D eigenvalue weighted by Gasteiger charge is -2.20. The van der Waals surface area contributed by atoms with E-state index < -0.39 is 0 Å². The normalized spacial score (nSPS) is 14.8. The second-order valence-electron chi connectivity index (χ2n) is 4.56. The van der Waals surface area contributed by atoms with Crippen LogP contribution in [0.4, 0.5) is 4.39 Å². The second kappa shape index (κ2) is 8.07. The highest BCUT2D eigenvalue weighted by molar-refractivity contribution is 7.99. The summed E-state index contributed by atoms with van der Waals surface area (Å²) in [7, 11) is 0. The highest BCUT2D eigenvalue weighted by atomic mass is 32.2. The van der Waals surface area contributed by atoms with E-state index in [0.29, 0.717) is 11.1 Å². The van der Waals surface area contributed by atoms with Crippen LogP contribution in [0.5, 0.6) is 0 Å². The molecule has 1 aromatic rings. The maximum absolute atomic E-state index is 13.6. The maximum atomic E-state index is 13.6. The fourth-order valence-electron chi connectivity index (χ4n) is 1.85. The van der Waals surface area contributed by atoms with Gasteiger partial charge in [0.15, 0.2) is 0 Å². The van der Waals surface area contributed by atoms with Crippen LogP contribution in [0.2, 0.25) is 0 Å². The number of thioether (sulfide) groups is 1. The van der Waals surface area contributed by atoms with Gasteiger partial charge in [0.2, 0.25) is 5.91 Å². The minimum absolute atomic E-state index is 0.00137. The Bertz CT molecular complexity index is 487. The summed E-state index contributed by atoms with van der Waals surface area (Å²) < 4.78 is 13.6. The number of carbonyl (C=O) groups is 1. The number of rotatable bonds is 6. The zero-order valence-corrected chi connectivity index (χ0v) is 12.7. The Labute approximate surface area is 123 Å². The summed E-state index contributed by atoms with van der Waals surface area (Å²) in [5, 5.41) is 11.9. The third-order valence-electron chi connectivity index (χ3n) is 3.06. The molecule has 110 valence electrons. The molecule has 1 rings (SSSR count). The molecule has 0 radical (unpaired) electrons. The Hall–Kier alpha value is -1.33. The zero-order chi connectivity index (χ0) is 15.1. The van der Waals surface area contributed by atoms with E-state index in [4.69, 9.17) is 5.11 Å². The molecule has 3 nitrogen and oxygen atoms in total. The third-order valence-corrected chi connectivity index (χ3v) is 4.22. The molecular formula is C15H20FNO2S. The molecule has 2 N–H and O–H groups in total. The van der Waals surface area contributed by atoms with Gasteiger partial charge in [-0.25, -0.2) is 4.39 Å². The number of aliphatic hydroxyl groups excluding tert-OH is 1. The second-order valence-corrected chi connectivity index (χ2v) is 5.64. The van der Waals surface area contributed by atoms with Crippen molar-refractivity contribution in [2.45, 2.75) is 25.1 Å². The van der Waals surface area contributed by atoms with E-state index in [9.17, 15) is 9.18 Å². The first-order valence-electron chi connectivity index (χ1n) is 6.37. The molecule has 0 fully saturated rings. The predicted octanol–water partition coefficient (Wildman–Crippen LogP) is 2.46. The summed E-state index contributed by atoms with van der Waals surface area (Å²) in [6, 6.07) is 6.18. The predicted molar refractivity (Wildman–Crippen MR) is 82.0 cm³/mol. The first kappa shape index (κ1) is 16.7. The minimum Gasteiger partial charge on any atom is -0.395 e. The highest BCUT2D eigenvalue weighted by Gasteiger charge is 2.16. The van der Waals surface area contributed by atoms with E-state index in [1.54, 1.807) is 25.1 Å². The molecule has 0 bridgehead atoms. The Morgan fingerprint density at radius 1 is 1.50 bits per heavy atom. The smallest absolute Gasteiger partial charge is 0.244 e. The van der Waals surface area contributed by atoms with Crippen LogP contribution in [0.15, 0.2) is 30.3 Å². The number of hydrogen-bond acceptors (Lipinski definition) is 3. The monoisotopic (exact) mass is 297 g/mol. The van der Waals surface area contributed by atoms with Gasteiger partial charge in [-0.15, -0.1) is 0 Å². The van der Waals surface area contributed by atoms with Crippen LogP contribution in [0.3, 0.4) is 0 Å². The number of nitrogens with one attached hydrogen (secondary N) is 1. The van der Waals surface area contributed by atoms with Crippen molar-refractivity contribution in [3.05, 3.63) is 41.7 Å². The Kier molecular flexibility index (Phi) is 6.75. The molecule has 0 heterocycles. The summed E-state index contributed by atoms with van der Waals surface area (Å²) in [6.45, 7) is 3.53. The molecule has 0 aromatic heterocycles. The van der Waals surface area contributed by atoms with E-state index in [-0.39, 0.29) is 29.6 Å². The summed E-state index contributed by atoms with van der Waals surface area (Å²) in [4.78, 5) is 11.9. The third kappa shape index (κ3) is 4.65. The first-order valence-corrected chi connectivity index (χ1v) is 7.65. The van der Waals surface area contributed by atoms with Gasteiger partial charge < -0.3 is 10.4 Å². The largest absolute Gasteiger partial charge is 0.395 e. The summed E-state index contributed by atoms with van der Waals surface area (Å²) in [5.41, 5.74) is 0.983. The SMILES string of the molecule is CSC(CO)C(C)NC(=O)/C=C(/C)c1ccccc1F. The van der Waals surface area contributed by atoms with Gasteiger partial charge >= 0.3 is 0 Å². The molecule has 2 atom stereocenters. The number of carbonyl (C=O) groups excluding carboxylic acids is 1. The Morgan fingerprint density at radius 3 is 2.70 bits per heavy atom. The average Bonchev–Trinajstić information content (AvgIpc) is 2.40. The van der Waals surface area contributed by atoms with Crippen LogP contribution in [0, 0.1) is 5.82 Å². The van der Waals surface area contributed by atoms with E-state index in [1.165, 1.54) is 23.9 Å².